The fourth-order valence-corrected chi connectivity index (χ4v) is 2.60. The van der Waals surface area contributed by atoms with Crippen molar-refractivity contribution < 1.29 is 5.11 Å². The Balaban J connectivity index is 2.73. The quantitative estimate of drug-likeness (QED) is 0.554. The Hall–Kier alpha value is -0.0400. The van der Waals surface area contributed by atoms with Crippen LogP contribution in [-0.4, -0.2) is 11.2 Å². The average molecular weight is 170 g/mol. The van der Waals surface area contributed by atoms with Gasteiger partial charge in [0, 0.05) is 0 Å². The first-order valence-corrected chi connectivity index (χ1v) is 5.02. The fourth-order valence-electron chi connectivity index (χ4n) is 2.60. The molecule has 0 amide bonds. The summed E-state index contributed by atoms with van der Waals surface area (Å²) in [4.78, 5) is 0. The summed E-state index contributed by atoms with van der Waals surface area (Å²) in [6.07, 6.45) is 4.46. The van der Waals surface area contributed by atoms with Crippen LogP contribution in [0.15, 0.2) is 0 Å². The van der Waals surface area contributed by atoms with Crippen LogP contribution in [0.25, 0.3) is 0 Å². The second kappa shape index (κ2) is 3.02. The van der Waals surface area contributed by atoms with E-state index in [1.54, 1.807) is 0 Å². The minimum absolute atomic E-state index is 0.0979. The van der Waals surface area contributed by atoms with E-state index in [0.717, 1.165) is 12.8 Å². The van der Waals surface area contributed by atoms with Gasteiger partial charge in [0.05, 0.1) is 6.10 Å². The molecule has 1 aliphatic rings. The van der Waals surface area contributed by atoms with E-state index >= 15 is 0 Å². The van der Waals surface area contributed by atoms with Crippen LogP contribution in [0.1, 0.15) is 53.4 Å². The Morgan fingerprint density at radius 1 is 1.17 bits per heavy atom. The molecule has 1 N–H and O–H groups in total. The van der Waals surface area contributed by atoms with Crippen molar-refractivity contribution >= 4 is 0 Å². The van der Waals surface area contributed by atoms with Crippen molar-refractivity contribution in [1.82, 2.24) is 0 Å². The van der Waals surface area contributed by atoms with Crippen LogP contribution in [0.4, 0.5) is 0 Å². The van der Waals surface area contributed by atoms with Gasteiger partial charge in [-0.2, -0.15) is 0 Å². The predicted octanol–water partition coefficient (Wildman–Crippen LogP) is 2.97. The molecule has 1 nitrogen and oxygen atoms in total. The van der Waals surface area contributed by atoms with E-state index in [0.29, 0.717) is 5.41 Å². The normalized spacial score (nSPS) is 34.2. The molecule has 0 bridgehead atoms. The van der Waals surface area contributed by atoms with Crippen molar-refractivity contribution in [3.05, 3.63) is 0 Å². The van der Waals surface area contributed by atoms with Crippen LogP contribution in [0.2, 0.25) is 0 Å². The molecule has 0 aromatic carbocycles. The van der Waals surface area contributed by atoms with Gasteiger partial charge in [0.15, 0.2) is 0 Å². The maximum absolute atomic E-state index is 9.85. The Morgan fingerprint density at radius 3 is 2.33 bits per heavy atom. The summed E-state index contributed by atoms with van der Waals surface area (Å²) in [5.74, 6) is 0. The van der Waals surface area contributed by atoms with E-state index in [2.05, 4.69) is 27.7 Å². The minimum atomic E-state index is -0.0979. The summed E-state index contributed by atoms with van der Waals surface area (Å²) in [5, 5.41) is 9.85. The molecule has 0 radical (unpaired) electrons. The molecule has 0 aromatic heterocycles. The average Bonchev–Trinajstić information content (AvgIpc) is 1.90. The first-order chi connectivity index (χ1) is 5.33. The van der Waals surface area contributed by atoms with Gasteiger partial charge in [-0.25, -0.2) is 0 Å². The van der Waals surface area contributed by atoms with E-state index in [4.69, 9.17) is 0 Å². The Kier molecular flexibility index (Phi) is 2.53. The summed E-state index contributed by atoms with van der Waals surface area (Å²) in [6.45, 7) is 9.00. The van der Waals surface area contributed by atoms with Gasteiger partial charge in [-0.3, -0.25) is 0 Å². The zero-order valence-corrected chi connectivity index (χ0v) is 8.85. The highest BCUT2D eigenvalue weighted by atomic mass is 16.3. The van der Waals surface area contributed by atoms with Crippen LogP contribution in [0.3, 0.4) is 0 Å². The second-order valence-corrected chi connectivity index (χ2v) is 5.74. The van der Waals surface area contributed by atoms with Crippen molar-refractivity contribution in [3.8, 4) is 0 Å². The monoisotopic (exact) mass is 170 g/mol. The van der Waals surface area contributed by atoms with Crippen LogP contribution in [0, 0.1) is 10.8 Å². The van der Waals surface area contributed by atoms with Crippen molar-refractivity contribution in [1.29, 1.82) is 0 Å². The molecular formula is C11H22O. The Labute approximate surface area is 76.2 Å². The minimum Gasteiger partial charge on any atom is -0.393 e. The summed E-state index contributed by atoms with van der Waals surface area (Å²) in [5.41, 5.74) is 0.529. The second-order valence-electron chi connectivity index (χ2n) is 5.74. The molecule has 1 rings (SSSR count). The summed E-state index contributed by atoms with van der Waals surface area (Å²) >= 11 is 0. The molecule has 1 aliphatic carbocycles. The van der Waals surface area contributed by atoms with Gasteiger partial charge in [0.2, 0.25) is 0 Å². The lowest BCUT2D eigenvalue weighted by Crippen LogP contribution is -2.31. The lowest BCUT2D eigenvalue weighted by atomic mass is 9.73. The summed E-state index contributed by atoms with van der Waals surface area (Å²) in [6, 6.07) is 0. The van der Waals surface area contributed by atoms with Gasteiger partial charge in [-0.15, -0.1) is 0 Å². The number of rotatable bonds is 0. The van der Waals surface area contributed by atoms with E-state index in [-0.39, 0.29) is 11.5 Å². The van der Waals surface area contributed by atoms with E-state index in [1.165, 1.54) is 12.8 Å². The van der Waals surface area contributed by atoms with Crippen LogP contribution >= 0.6 is 0 Å². The summed E-state index contributed by atoms with van der Waals surface area (Å²) < 4.78 is 0. The maximum Gasteiger partial charge on any atom is 0.0591 e. The number of hydrogen-bond acceptors (Lipinski definition) is 1. The largest absolute Gasteiger partial charge is 0.393 e. The molecule has 0 aromatic rings. The third-order valence-corrected chi connectivity index (χ3v) is 3.17. The van der Waals surface area contributed by atoms with E-state index in [1.807, 2.05) is 0 Å². The highest BCUT2D eigenvalue weighted by molar-refractivity contribution is 4.87. The highest BCUT2D eigenvalue weighted by Gasteiger charge is 2.36. The van der Waals surface area contributed by atoms with Gasteiger partial charge in [-0.1, -0.05) is 34.1 Å². The molecule has 1 unspecified atom stereocenters. The third kappa shape index (κ3) is 2.22. The molecule has 72 valence electrons. The zero-order chi connectivity index (χ0) is 9.41. The molecule has 0 heterocycles. The van der Waals surface area contributed by atoms with E-state index in [9.17, 15) is 5.11 Å². The molecular weight excluding hydrogens is 148 g/mol. The van der Waals surface area contributed by atoms with Crippen LogP contribution in [-0.2, 0) is 0 Å². The first-order valence-electron chi connectivity index (χ1n) is 5.02. The van der Waals surface area contributed by atoms with Crippen LogP contribution < -0.4 is 0 Å². The number of aliphatic hydroxyl groups excluding tert-OH is 1. The predicted molar refractivity (Wildman–Crippen MR) is 52.0 cm³/mol. The van der Waals surface area contributed by atoms with Gasteiger partial charge in [0.1, 0.15) is 0 Å². The standard InChI is InChI=1S/C11H22O/c1-10(2)7-5-6-9(12)11(3,4)8-10/h9,12H,5-8H2,1-4H3. The molecule has 12 heavy (non-hydrogen) atoms. The molecule has 0 spiro atoms. The Morgan fingerprint density at radius 2 is 1.75 bits per heavy atom. The van der Waals surface area contributed by atoms with E-state index < -0.39 is 0 Å². The van der Waals surface area contributed by atoms with Crippen molar-refractivity contribution in [2.75, 3.05) is 0 Å². The van der Waals surface area contributed by atoms with Crippen molar-refractivity contribution in [2.24, 2.45) is 10.8 Å². The molecule has 1 fully saturated rings. The van der Waals surface area contributed by atoms with Crippen molar-refractivity contribution in [3.63, 3.8) is 0 Å². The Bertz CT molecular complexity index is 158. The lowest BCUT2D eigenvalue weighted by molar-refractivity contribution is 0.0293. The number of hydrogen-bond donors (Lipinski definition) is 1. The lowest BCUT2D eigenvalue weighted by Gasteiger charge is -2.34. The van der Waals surface area contributed by atoms with Gasteiger partial charge >= 0.3 is 0 Å². The smallest absolute Gasteiger partial charge is 0.0591 e. The first kappa shape index (κ1) is 10.0. The van der Waals surface area contributed by atoms with Gasteiger partial charge in [-0.05, 0) is 30.1 Å². The van der Waals surface area contributed by atoms with Gasteiger partial charge < -0.3 is 5.11 Å². The van der Waals surface area contributed by atoms with Crippen LogP contribution in [0.5, 0.6) is 0 Å². The molecule has 1 saturated carbocycles. The van der Waals surface area contributed by atoms with Crippen molar-refractivity contribution in [2.45, 2.75) is 59.5 Å². The molecule has 0 aliphatic heterocycles. The zero-order valence-electron chi connectivity index (χ0n) is 8.85. The fraction of sp³-hybridized carbons (Fsp3) is 1.00. The maximum atomic E-state index is 9.85. The highest BCUT2D eigenvalue weighted by Crippen LogP contribution is 2.43. The summed E-state index contributed by atoms with van der Waals surface area (Å²) in [7, 11) is 0. The third-order valence-electron chi connectivity index (χ3n) is 3.17. The molecule has 1 heteroatoms. The molecule has 0 saturated heterocycles. The number of aliphatic hydroxyl groups is 1. The molecule has 1 atom stereocenters. The topological polar surface area (TPSA) is 20.2 Å². The van der Waals surface area contributed by atoms with Gasteiger partial charge in [0.25, 0.3) is 0 Å². The SMILES string of the molecule is CC1(C)CCCC(O)C(C)(C)C1.